The Morgan fingerprint density at radius 1 is 1.10 bits per heavy atom. The number of piperazine rings is 1. The van der Waals surface area contributed by atoms with E-state index in [4.69, 9.17) is 9.72 Å². The minimum atomic E-state index is -0.404. The number of hydrogen-bond acceptors (Lipinski definition) is 9. The number of fused-ring (bicyclic) bond motifs is 2. The number of pyridine rings is 1. The minimum absolute atomic E-state index is 0.154. The number of ether oxygens (including phenoxy) is 1. The Balaban J connectivity index is 1.38. The van der Waals surface area contributed by atoms with E-state index in [2.05, 4.69) is 63.2 Å². The van der Waals surface area contributed by atoms with Crippen LogP contribution in [0.3, 0.4) is 0 Å². The monoisotopic (exact) mass is 544 g/mol. The number of aromatic nitrogens is 6. The molecule has 1 saturated heterocycles. The molecule has 39 heavy (non-hydrogen) atoms. The van der Waals surface area contributed by atoms with Crippen LogP contribution in [0.5, 0.6) is 5.75 Å². The lowest BCUT2D eigenvalue weighted by molar-refractivity contribution is 0.186. The van der Waals surface area contributed by atoms with E-state index < -0.39 is 6.04 Å². The van der Waals surface area contributed by atoms with Crippen molar-refractivity contribution in [2.45, 2.75) is 38.8 Å². The topological polar surface area (TPSA) is 105 Å². The quantitative estimate of drug-likeness (QED) is 0.325. The normalized spacial score (nSPS) is 15.7. The van der Waals surface area contributed by atoms with E-state index in [-0.39, 0.29) is 11.1 Å². The van der Waals surface area contributed by atoms with E-state index in [0.29, 0.717) is 17.1 Å². The predicted molar refractivity (Wildman–Crippen MR) is 154 cm³/mol. The van der Waals surface area contributed by atoms with E-state index in [1.807, 2.05) is 41.1 Å². The Hall–Kier alpha value is -3.83. The number of hydrogen-bond donors (Lipinski definition) is 1. The lowest BCUT2D eigenvalue weighted by atomic mass is 9.99. The summed E-state index contributed by atoms with van der Waals surface area (Å²) in [5.74, 6) is 1.37. The van der Waals surface area contributed by atoms with E-state index in [1.54, 1.807) is 18.4 Å². The van der Waals surface area contributed by atoms with Gasteiger partial charge in [-0.3, -0.25) is 9.69 Å². The van der Waals surface area contributed by atoms with Gasteiger partial charge >= 0.3 is 0 Å². The molecule has 202 valence electrons. The fourth-order valence-electron chi connectivity index (χ4n) is 5.14. The highest BCUT2D eigenvalue weighted by Gasteiger charge is 2.36. The van der Waals surface area contributed by atoms with E-state index in [0.717, 1.165) is 54.2 Å². The second-order valence-electron chi connectivity index (χ2n) is 10.5. The SMILES string of the molecule is CCC(C)(C)n1nnnc1[C@H](c1cc2ccc(OC)cc2[nH]c1=O)N1CCN(c2nc3ccccc3s2)CC1. The molecule has 0 aliphatic carbocycles. The van der Waals surface area contributed by atoms with Crippen molar-refractivity contribution in [3.05, 3.63) is 70.3 Å². The van der Waals surface area contributed by atoms with Crippen molar-refractivity contribution in [1.29, 1.82) is 0 Å². The summed E-state index contributed by atoms with van der Waals surface area (Å²) in [5.41, 5.74) is 1.92. The Labute approximate surface area is 230 Å². The van der Waals surface area contributed by atoms with Crippen molar-refractivity contribution in [2.75, 3.05) is 38.2 Å². The van der Waals surface area contributed by atoms with E-state index >= 15 is 0 Å². The van der Waals surface area contributed by atoms with E-state index in [9.17, 15) is 4.79 Å². The number of benzene rings is 2. The van der Waals surface area contributed by atoms with Crippen LogP contribution in [0.2, 0.25) is 0 Å². The summed E-state index contributed by atoms with van der Waals surface area (Å²) in [7, 11) is 1.62. The molecule has 1 atom stereocenters. The molecule has 1 aliphatic rings. The van der Waals surface area contributed by atoms with Gasteiger partial charge in [-0.2, -0.15) is 0 Å². The van der Waals surface area contributed by atoms with Gasteiger partial charge in [-0.1, -0.05) is 30.4 Å². The number of tetrazole rings is 1. The molecule has 11 heteroatoms. The van der Waals surface area contributed by atoms with Gasteiger partial charge in [0.1, 0.15) is 11.8 Å². The van der Waals surface area contributed by atoms with Crippen molar-refractivity contribution < 1.29 is 4.74 Å². The first-order valence-corrected chi connectivity index (χ1v) is 14.0. The lowest BCUT2D eigenvalue weighted by Gasteiger charge is -2.39. The number of para-hydroxylation sites is 1. The summed E-state index contributed by atoms with van der Waals surface area (Å²) in [6.45, 7) is 9.40. The summed E-state index contributed by atoms with van der Waals surface area (Å²) < 4.78 is 8.43. The number of aromatic amines is 1. The number of methoxy groups -OCH3 is 1. The van der Waals surface area contributed by atoms with Crippen molar-refractivity contribution in [2.24, 2.45) is 0 Å². The second-order valence-corrected chi connectivity index (χ2v) is 11.5. The smallest absolute Gasteiger partial charge is 0.253 e. The molecule has 0 amide bonds. The van der Waals surface area contributed by atoms with Gasteiger partial charge in [0.15, 0.2) is 11.0 Å². The third-order valence-electron chi connectivity index (χ3n) is 7.79. The molecule has 3 aromatic heterocycles. The molecular weight excluding hydrogens is 512 g/mol. The van der Waals surface area contributed by atoms with Gasteiger partial charge < -0.3 is 14.6 Å². The van der Waals surface area contributed by atoms with Crippen molar-refractivity contribution in [3.63, 3.8) is 0 Å². The highest BCUT2D eigenvalue weighted by molar-refractivity contribution is 7.22. The average Bonchev–Trinajstić information content (AvgIpc) is 3.62. The molecular formula is C28H32N8O2S. The van der Waals surface area contributed by atoms with Crippen LogP contribution < -0.4 is 15.2 Å². The zero-order chi connectivity index (χ0) is 27.1. The van der Waals surface area contributed by atoms with Gasteiger partial charge in [-0.05, 0) is 66.4 Å². The molecule has 2 aromatic carbocycles. The van der Waals surface area contributed by atoms with Gasteiger partial charge in [0, 0.05) is 37.8 Å². The largest absolute Gasteiger partial charge is 0.497 e. The summed E-state index contributed by atoms with van der Waals surface area (Å²) in [6, 6.07) is 15.5. The molecule has 0 unspecified atom stereocenters. The number of H-pyrrole nitrogens is 1. The highest BCUT2D eigenvalue weighted by atomic mass is 32.1. The van der Waals surface area contributed by atoms with Gasteiger partial charge in [0.2, 0.25) is 0 Å². The van der Waals surface area contributed by atoms with Gasteiger partial charge in [0.05, 0.1) is 28.4 Å². The van der Waals surface area contributed by atoms with Crippen LogP contribution in [0, 0.1) is 0 Å². The highest BCUT2D eigenvalue weighted by Crippen LogP contribution is 2.34. The van der Waals surface area contributed by atoms with Crippen LogP contribution in [0.15, 0.2) is 53.3 Å². The van der Waals surface area contributed by atoms with Gasteiger partial charge in [-0.25, -0.2) is 9.67 Å². The van der Waals surface area contributed by atoms with Gasteiger partial charge in [0.25, 0.3) is 5.56 Å². The molecule has 1 N–H and O–H groups in total. The molecule has 1 aliphatic heterocycles. The zero-order valence-corrected chi connectivity index (χ0v) is 23.4. The average molecular weight is 545 g/mol. The third kappa shape index (κ3) is 4.65. The maximum Gasteiger partial charge on any atom is 0.253 e. The summed E-state index contributed by atoms with van der Waals surface area (Å²) in [6.07, 6.45) is 0.844. The number of thiazole rings is 1. The van der Waals surface area contributed by atoms with Crippen LogP contribution in [-0.4, -0.2) is 68.4 Å². The van der Waals surface area contributed by atoms with Crippen molar-refractivity contribution in [1.82, 2.24) is 35.1 Å². The van der Waals surface area contributed by atoms with Crippen molar-refractivity contribution in [3.8, 4) is 5.75 Å². The van der Waals surface area contributed by atoms with E-state index in [1.165, 1.54) is 4.70 Å². The fourth-order valence-corrected chi connectivity index (χ4v) is 6.16. The second kappa shape index (κ2) is 10.0. The first-order valence-electron chi connectivity index (χ1n) is 13.2. The number of anilines is 1. The number of nitrogens with one attached hydrogen (secondary N) is 1. The maximum absolute atomic E-state index is 13.6. The Morgan fingerprint density at radius 3 is 2.64 bits per heavy atom. The van der Waals surface area contributed by atoms with Gasteiger partial charge in [-0.15, -0.1) is 5.10 Å². The fraction of sp³-hybridized carbons (Fsp3) is 0.393. The van der Waals surface area contributed by atoms with Crippen LogP contribution in [0.4, 0.5) is 5.13 Å². The molecule has 0 radical (unpaired) electrons. The standard InChI is InChI=1S/C28H32N8O2S/c1-5-28(2,3)36-25(31-32-33-36)24(20-16-18-10-11-19(38-4)17-22(18)29-26(20)37)34-12-14-35(15-13-34)27-30-21-8-6-7-9-23(21)39-27/h6-11,16-17,24H,5,12-15H2,1-4H3,(H,29,37)/t24-/m0/s1. The van der Waals surface area contributed by atoms with Crippen LogP contribution in [0.25, 0.3) is 21.1 Å². The van der Waals surface area contributed by atoms with Crippen LogP contribution in [-0.2, 0) is 5.54 Å². The van der Waals surface area contributed by atoms with Crippen molar-refractivity contribution >= 4 is 37.6 Å². The molecule has 10 nitrogen and oxygen atoms in total. The molecule has 0 bridgehead atoms. The summed E-state index contributed by atoms with van der Waals surface area (Å²) >= 11 is 1.72. The Morgan fingerprint density at radius 2 is 1.90 bits per heavy atom. The maximum atomic E-state index is 13.6. The Kier molecular flexibility index (Phi) is 6.56. The first kappa shape index (κ1) is 25.4. The van der Waals surface area contributed by atoms with Crippen LogP contribution >= 0.6 is 11.3 Å². The summed E-state index contributed by atoms with van der Waals surface area (Å²) in [4.78, 5) is 26.2. The number of rotatable bonds is 7. The first-order chi connectivity index (χ1) is 18.9. The summed E-state index contributed by atoms with van der Waals surface area (Å²) in [5, 5.41) is 14.9. The molecule has 1 fully saturated rings. The number of nitrogens with zero attached hydrogens (tertiary/aromatic N) is 7. The lowest BCUT2D eigenvalue weighted by Crippen LogP contribution is -2.49. The third-order valence-corrected chi connectivity index (χ3v) is 8.88. The predicted octanol–water partition coefficient (Wildman–Crippen LogP) is 4.19. The molecule has 0 spiro atoms. The molecule has 0 saturated carbocycles. The molecule has 5 aromatic rings. The molecule has 4 heterocycles. The molecule has 6 rings (SSSR count). The Bertz CT molecular complexity index is 1650. The zero-order valence-electron chi connectivity index (χ0n) is 22.6. The van der Waals surface area contributed by atoms with Crippen LogP contribution in [0.1, 0.15) is 44.6 Å². The minimum Gasteiger partial charge on any atom is -0.497 e.